The Kier molecular flexibility index (Phi) is 6.83. The van der Waals surface area contributed by atoms with Gasteiger partial charge in [0, 0.05) is 11.3 Å². The van der Waals surface area contributed by atoms with Gasteiger partial charge in [0.1, 0.15) is 12.6 Å². The van der Waals surface area contributed by atoms with Crippen LogP contribution >= 0.6 is 0 Å². The number of ketones is 2. The first-order chi connectivity index (χ1) is 19.2. The summed E-state index contributed by atoms with van der Waals surface area (Å²) in [4.78, 5) is 41.4. The first kappa shape index (κ1) is 31.0. The zero-order valence-corrected chi connectivity index (χ0v) is 25.5. The summed E-state index contributed by atoms with van der Waals surface area (Å²) in [7, 11) is 0. The molecule has 9 heteroatoms. The Morgan fingerprint density at radius 2 is 1.71 bits per heavy atom. The Hall–Kier alpha value is -2.47. The van der Waals surface area contributed by atoms with Gasteiger partial charge in [-0.3, -0.25) is 14.4 Å². The number of aliphatic hydroxyl groups excluding tert-OH is 1. The SMILES string of the molecule is CC1(C)CC[C@]2(C(=O)NCC(F)(F)F)CC[C@]3(C)[C@H](C(=O)C=C4[C@@]5(C)C=C(C#N)C(=O)[C@@](C)(CO)C5CC[C@]43C)[C@@H]2C1. The fraction of sp³-hybridized carbons (Fsp3) is 0.758. The molecule has 0 bridgehead atoms. The maximum absolute atomic E-state index is 14.5. The van der Waals surface area contributed by atoms with Crippen LogP contribution in [0.25, 0.3) is 0 Å². The lowest BCUT2D eigenvalue weighted by Crippen LogP contribution is -2.67. The van der Waals surface area contributed by atoms with E-state index in [0.717, 1.165) is 5.57 Å². The van der Waals surface area contributed by atoms with Gasteiger partial charge in [0.25, 0.3) is 0 Å². The van der Waals surface area contributed by atoms with Crippen LogP contribution in [0.5, 0.6) is 0 Å². The smallest absolute Gasteiger partial charge is 0.395 e. The summed E-state index contributed by atoms with van der Waals surface area (Å²) in [6.07, 6.45) is 2.70. The third-order valence-electron chi connectivity index (χ3n) is 12.9. The van der Waals surface area contributed by atoms with Gasteiger partial charge in [0.2, 0.25) is 5.91 Å². The molecule has 2 N–H and O–H groups in total. The summed E-state index contributed by atoms with van der Waals surface area (Å²) in [5, 5.41) is 22.5. The lowest BCUT2D eigenvalue weighted by atomic mass is 9.34. The Balaban J connectivity index is 1.65. The molecule has 0 saturated heterocycles. The van der Waals surface area contributed by atoms with E-state index in [1.807, 2.05) is 13.0 Å². The van der Waals surface area contributed by atoms with Gasteiger partial charge in [-0.05, 0) is 86.0 Å². The highest BCUT2D eigenvalue weighted by atomic mass is 19.4. The minimum atomic E-state index is -4.53. The molecule has 5 aliphatic rings. The molecule has 0 spiro atoms. The third-order valence-corrected chi connectivity index (χ3v) is 12.9. The number of amides is 1. The zero-order valence-electron chi connectivity index (χ0n) is 25.5. The third kappa shape index (κ3) is 4.03. The topological polar surface area (TPSA) is 107 Å². The number of aliphatic hydroxyl groups is 1. The summed E-state index contributed by atoms with van der Waals surface area (Å²) in [6, 6.07) is 2.04. The molecule has 6 nitrogen and oxygen atoms in total. The highest BCUT2D eigenvalue weighted by Gasteiger charge is 2.71. The molecule has 3 fully saturated rings. The molecule has 5 rings (SSSR count). The molecule has 0 aromatic heterocycles. The fourth-order valence-corrected chi connectivity index (χ4v) is 10.4. The quantitative estimate of drug-likeness (QED) is 0.430. The van der Waals surface area contributed by atoms with Crippen LogP contribution in [0, 0.1) is 61.6 Å². The number of carbonyl (C=O) groups is 3. The number of carbonyl (C=O) groups excluding carboxylic acids is 3. The largest absolute Gasteiger partial charge is 0.405 e. The van der Waals surface area contributed by atoms with Gasteiger partial charge in [-0.15, -0.1) is 0 Å². The molecule has 0 aromatic rings. The lowest BCUT2D eigenvalue weighted by Gasteiger charge is -2.69. The van der Waals surface area contributed by atoms with Crippen molar-refractivity contribution in [2.24, 2.45) is 50.2 Å². The zero-order chi connectivity index (χ0) is 31.3. The molecule has 42 heavy (non-hydrogen) atoms. The number of Topliss-reactive ketones (excluding diaryl/α,β-unsaturated/α-hetero) is 1. The van der Waals surface area contributed by atoms with Gasteiger partial charge in [0.15, 0.2) is 11.6 Å². The predicted molar refractivity (Wildman–Crippen MR) is 149 cm³/mol. The number of rotatable bonds is 3. The standard InChI is InChI=1S/C33H43F3N2O4/c1-27(2)9-11-32(26(42)38-17-33(34,35)36)12-10-31(6)24(20(32)15-27)21(40)13-23-28(3)14-19(16-37)25(41)29(4,18-39)22(28)7-8-30(23,31)5/h13-14,20,22,24,39H,7-12,15,17-18H2,1-6H3,(H,38,42)/t20-,22?,24-,28-,29-,30+,31+,32-/m0/s1. The molecule has 0 aromatic carbocycles. The van der Waals surface area contributed by atoms with Gasteiger partial charge >= 0.3 is 6.18 Å². The van der Waals surface area contributed by atoms with Crippen LogP contribution in [0.1, 0.15) is 86.5 Å². The van der Waals surface area contributed by atoms with E-state index in [-0.39, 0.29) is 28.5 Å². The van der Waals surface area contributed by atoms with Crippen molar-refractivity contribution in [3.63, 3.8) is 0 Å². The van der Waals surface area contributed by atoms with Crippen LogP contribution in [-0.2, 0) is 14.4 Å². The molecule has 0 heterocycles. The monoisotopic (exact) mass is 588 g/mol. The van der Waals surface area contributed by atoms with Gasteiger partial charge in [-0.25, -0.2) is 0 Å². The number of alkyl halides is 3. The molecule has 3 saturated carbocycles. The van der Waals surface area contributed by atoms with E-state index in [1.54, 1.807) is 19.1 Å². The van der Waals surface area contributed by atoms with Crippen molar-refractivity contribution in [1.29, 1.82) is 5.26 Å². The molecular formula is C33H43F3N2O4. The number of nitrogens with zero attached hydrogens (tertiary/aromatic N) is 1. The van der Waals surface area contributed by atoms with E-state index in [1.165, 1.54) is 0 Å². The van der Waals surface area contributed by atoms with Crippen LogP contribution in [0.4, 0.5) is 13.2 Å². The van der Waals surface area contributed by atoms with E-state index < -0.39 is 64.1 Å². The summed E-state index contributed by atoms with van der Waals surface area (Å²) in [5.74, 6) is -2.38. The Morgan fingerprint density at radius 3 is 2.31 bits per heavy atom. The highest BCUT2D eigenvalue weighted by molar-refractivity contribution is 6.05. The number of nitrogens with one attached hydrogen (secondary N) is 1. The highest BCUT2D eigenvalue weighted by Crippen LogP contribution is 2.74. The normalized spacial score (nSPS) is 44.4. The lowest BCUT2D eigenvalue weighted by molar-refractivity contribution is -0.181. The Morgan fingerprint density at radius 1 is 1.07 bits per heavy atom. The average Bonchev–Trinajstić information content (AvgIpc) is 2.90. The van der Waals surface area contributed by atoms with E-state index >= 15 is 0 Å². The number of allylic oxidation sites excluding steroid dienone is 4. The Bertz CT molecular complexity index is 1340. The second kappa shape index (κ2) is 9.27. The van der Waals surface area contributed by atoms with Gasteiger partial charge < -0.3 is 10.4 Å². The number of halogens is 3. The van der Waals surface area contributed by atoms with Crippen molar-refractivity contribution in [2.75, 3.05) is 13.2 Å². The van der Waals surface area contributed by atoms with Crippen molar-refractivity contribution in [3.8, 4) is 6.07 Å². The number of hydrogen-bond acceptors (Lipinski definition) is 5. The van der Waals surface area contributed by atoms with Gasteiger partial charge in [-0.2, -0.15) is 18.4 Å². The van der Waals surface area contributed by atoms with Crippen LogP contribution in [0.3, 0.4) is 0 Å². The molecule has 1 unspecified atom stereocenters. The molecular weight excluding hydrogens is 545 g/mol. The second-order valence-corrected chi connectivity index (χ2v) is 15.6. The second-order valence-electron chi connectivity index (χ2n) is 15.6. The maximum atomic E-state index is 14.5. The molecule has 0 aliphatic heterocycles. The van der Waals surface area contributed by atoms with E-state index in [0.29, 0.717) is 44.9 Å². The minimum Gasteiger partial charge on any atom is -0.395 e. The van der Waals surface area contributed by atoms with Crippen molar-refractivity contribution in [3.05, 3.63) is 23.3 Å². The van der Waals surface area contributed by atoms with Crippen LogP contribution in [-0.4, -0.2) is 41.9 Å². The average molecular weight is 589 g/mol. The van der Waals surface area contributed by atoms with Crippen LogP contribution in [0.15, 0.2) is 23.3 Å². The fourth-order valence-electron chi connectivity index (χ4n) is 10.4. The van der Waals surface area contributed by atoms with Gasteiger partial charge in [-0.1, -0.05) is 46.3 Å². The summed E-state index contributed by atoms with van der Waals surface area (Å²) in [5.41, 5.74) is -3.48. The van der Waals surface area contributed by atoms with E-state index in [9.17, 15) is 37.9 Å². The molecule has 0 radical (unpaired) electrons. The number of hydrogen-bond donors (Lipinski definition) is 2. The van der Waals surface area contributed by atoms with E-state index in [2.05, 4.69) is 33.0 Å². The van der Waals surface area contributed by atoms with Crippen LogP contribution in [0.2, 0.25) is 0 Å². The van der Waals surface area contributed by atoms with Crippen molar-refractivity contribution >= 4 is 17.5 Å². The maximum Gasteiger partial charge on any atom is 0.405 e. The first-order valence-electron chi connectivity index (χ1n) is 15.1. The minimum absolute atomic E-state index is 0.00629. The molecule has 1 amide bonds. The first-order valence-corrected chi connectivity index (χ1v) is 15.1. The summed E-state index contributed by atoms with van der Waals surface area (Å²) >= 11 is 0. The molecule has 5 aliphatic carbocycles. The summed E-state index contributed by atoms with van der Waals surface area (Å²) in [6.45, 7) is 10.3. The van der Waals surface area contributed by atoms with Crippen LogP contribution < -0.4 is 5.32 Å². The molecule has 8 atom stereocenters. The van der Waals surface area contributed by atoms with E-state index in [4.69, 9.17) is 0 Å². The van der Waals surface area contributed by atoms with Gasteiger partial charge in [0.05, 0.1) is 23.0 Å². The Labute approximate surface area is 246 Å². The van der Waals surface area contributed by atoms with Crippen molar-refractivity contribution in [1.82, 2.24) is 5.32 Å². The number of fused-ring (bicyclic) bond motifs is 7. The van der Waals surface area contributed by atoms with Crippen molar-refractivity contribution in [2.45, 2.75) is 92.7 Å². The summed E-state index contributed by atoms with van der Waals surface area (Å²) < 4.78 is 39.4. The van der Waals surface area contributed by atoms with Crippen molar-refractivity contribution < 1.29 is 32.7 Å². The number of nitriles is 1. The molecule has 230 valence electrons. The predicted octanol–water partition coefficient (Wildman–Crippen LogP) is 5.86.